The topological polar surface area (TPSA) is 94.8 Å². The molecule has 0 heterocycles. The minimum absolute atomic E-state index is 0.0592. The number of hydrogen-bond donors (Lipinski definition) is 3. The van der Waals surface area contributed by atoms with Gasteiger partial charge in [0.15, 0.2) is 0 Å². The number of allylic oxidation sites excluding steroid dienone is 1. The van der Waals surface area contributed by atoms with Crippen molar-refractivity contribution >= 4 is 23.7 Å². The van der Waals surface area contributed by atoms with Crippen LogP contribution >= 0.6 is 11.8 Å². The highest BCUT2D eigenvalue weighted by atomic mass is 32.2. The maximum absolute atomic E-state index is 11.0. The second-order valence-corrected chi connectivity index (χ2v) is 8.33. The van der Waals surface area contributed by atoms with E-state index in [0.717, 1.165) is 24.8 Å². The van der Waals surface area contributed by atoms with Gasteiger partial charge in [0.1, 0.15) is 0 Å². The molecule has 1 rings (SSSR count). The van der Waals surface area contributed by atoms with Gasteiger partial charge in [-0.3, -0.25) is 9.59 Å². The van der Waals surface area contributed by atoms with Crippen molar-refractivity contribution in [3.8, 4) is 0 Å². The molecule has 0 unspecified atom stereocenters. The van der Waals surface area contributed by atoms with Gasteiger partial charge in [0.05, 0.1) is 23.5 Å². The molecule has 0 bridgehead atoms. The first-order valence-corrected chi connectivity index (χ1v) is 10.9. The van der Waals surface area contributed by atoms with Crippen molar-refractivity contribution in [1.82, 2.24) is 0 Å². The van der Waals surface area contributed by atoms with Crippen molar-refractivity contribution in [3.05, 3.63) is 11.6 Å². The molecule has 0 aromatic heterocycles. The van der Waals surface area contributed by atoms with Gasteiger partial charge >= 0.3 is 11.9 Å². The Morgan fingerprint density at radius 2 is 1.73 bits per heavy atom. The Balaban J connectivity index is 2.51. The molecule has 1 fully saturated rings. The lowest BCUT2D eigenvalue weighted by molar-refractivity contribution is -0.139. The van der Waals surface area contributed by atoms with Crippen LogP contribution in [0.25, 0.3) is 0 Å². The molecule has 1 aliphatic carbocycles. The van der Waals surface area contributed by atoms with E-state index < -0.39 is 18.0 Å². The third kappa shape index (κ3) is 9.08. The van der Waals surface area contributed by atoms with Gasteiger partial charge in [0, 0.05) is 0 Å². The second kappa shape index (κ2) is 13.2. The van der Waals surface area contributed by atoms with Gasteiger partial charge in [-0.2, -0.15) is 0 Å². The maximum atomic E-state index is 11.0. The Kier molecular flexibility index (Phi) is 11.7. The molecule has 0 radical (unpaired) electrons. The van der Waals surface area contributed by atoms with Gasteiger partial charge in [-0.25, -0.2) is 0 Å². The molecular weight excluding hydrogens is 352 g/mol. The molecule has 0 aliphatic heterocycles. The lowest BCUT2D eigenvalue weighted by Crippen LogP contribution is -2.38. The summed E-state index contributed by atoms with van der Waals surface area (Å²) in [7, 11) is 0. The van der Waals surface area contributed by atoms with Gasteiger partial charge < -0.3 is 15.3 Å². The van der Waals surface area contributed by atoms with E-state index in [1.54, 1.807) is 0 Å². The predicted molar refractivity (Wildman–Crippen MR) is 106 cm³/mol. The summed E-state index contributed by atoms with van der Waals surface area (Å²) in [5.74, 6) is -2.19. The zero-order chi connectivity index (χ0) is 19.4. The lowest BCUT2D eigenvalue weighted by atomic mass is 9.80. The minimum Gasteiger partial charge on any atom is -0.481 e. The summed E-state index contributed by atoms with van der Waals surface area (Å²) < 4.78 is 0. The molecule has 150 valence electrons. The molecule has 0 spiro atoms. The van der Waals surface area contributed by atoms with Crippen LogP contribution in [0, 0.1) is 5.92 Å². The summed E-state index contributed by atoms with van der Waals surface area (Å²) in [5.41, 5.74) is 1.09. The van der Waals surface area contributed by atoms with Crippen LogP contribution in [0.3, 0.4) is 0 Å². The molecule has 3 atom stereocenters. The predicted octanol–water partition coefficient (Wildman–Crippen LogP) is 4.49. The fourth-order valence-electron chi connectivity index (χ4n) is 3.55. The normalized spacial score (nSPS) is 24.7. The number of aliphatic hydroxyl groups is 1. The van der Waals surface area contributed by atoms with Crippen molar-refractivity contribution < 1.29 is 24.9 Å². The van der Waals surface area contributed by atoms with Gasteiger partial charge in [0.2, 0.25) is 0 Å². The third-order valence-corrected chi connectivity index (χ3v) is 6.35. The molecule has 3 N–H and O–H groups in total. The number of hydrogen-bond acceptors (Lipinski definition) is 4. The van der Waals surface area contributed by atoms with E-state index in [1.807, 2.05) is 0 Å². The van der Waals surface area contributed by atoms with E-state index in [2.05, 4.69) is 13.0 Å². The van der Waals surface area contributed by atoms with E-state index in [1.165, 1.54) is 50.3 Å². The standard InChI is InChI=1S/C20H34O5S/c1-2-3-4-5-6-7-8-9-10-15-11-12-16(13-17(21)22)19(25)20(15)26-14-18(23)24/h10,16,19-20,25H,2-9,11-14H2,1H3,(H,21,22)(H,23,24)/b15-10+/t16-,19-,20-/m0/s1. The highest BCUT2D eigenvalue weighted by molar-refractivity contribution is 8.00. The smallest absolute Gasteiger partial charge is 0.313 e. The molecule has 5 nitrogen and oxygen atoms in total. The molecule has 6 heteroatoms. The molecule has 1 aliphatic rings. The van der Waals surface area contributed by atoms with Gasteiger partial charge in [-0.15, -0.1) is 11.8 Å². The number of carbonyl (C=O) groups is 2. The number of aliphatic hydroxyl groups excluding tert-OH is 1. The molecule has 0 saturated heterocycles. The van der Waals surface area contributed by atoms with Crippen molar-refractivity contribution in [1.29, 1.82) is 0 Å². The molecule has 0 aromatic carbocycles. The number of carboxylic acids is 2. The summed E-state index contributed by atoms with van der Waals surface area (Å²) in [6, 6.07) is 0. The van der Waals surface area contributed by atoms with Crippen LogP contribution in [-0.4, -0.2) is 44.4 Å². The van der Waals surface area contributed by atoms with Crippen LogP contribution in [0.2, 0.25) is 0 Å². The molecule has 26 heavy (non-hydrogen) atoms. The lowest BCUT2D eigenvalue weighted by Gasteiger charge is -2.36. The van der Waals surface area contributed by atoms with Crippen LogP contribution in [0.1, 0.15) is 77.6 Å². The van der Waals surface area contributed by atoms with E-state index >= 15 is 0 Å². The number of unbranched alkanes of at least 4 members (excludes halogenated alkanes) is 7. The summed E-state index contributed by atoms with van der Waals surface area (Å²) in [4.78, 5) is 21.9. The fraction of sp³-hybridized carbons (Fsp3) is 0.800. The first-order chi connectivity index (χ1) is 12.5. The monoisotopic (exact) mass is 386 g/mol. The average molecular weight is 387 g/mol. The van der Waals surface area contributed by atoms with E-state index in [4.69, 9.17) is 10.2 Å². The molecule has 1 saturated carbocycles. The van der Waals surface area contributed by atoms with E-state index in [-0.39, 0.29) is 23.3 Å². The zero-order valence-corrected chi connectivity index (χ0v) is 16.7. The fourth-order valence-corrected chi connectivity index (χ4v) is 4.72. The Hall–Kier alpha value is -1.01. The van der Waals surface area contributed by atoms with Crippen LogP contribution in [-0.2, 0) is 9.59 Å². The zero-order valence-electron chi connectivity index (χ0n) is 15.9. The Morgan fingerprint density at radius 1 is 1.08 bits per heavy atom. The van der Waals surface area contributed by atoms with Crippen LogP contribution in [0.5, 0.6) is 0 Å². The minimum atomic E-state index is -0.911. The summed E-state index contributed by atoms with van der Waals surface area (Å²) in [5, 5.41) is 28.2. The second-order valence-electron chi connectivity index (χ2n) is 7.20. The van der Waals surface area contributed by atoms with Crippen molar-refractivity contribution in [3.63, 3.8) is 0 Å². The molecule has 0 amide bonds. The highest BCUT2D eigenvalue weighted by Gasteiger charge is 2.36. The number of thioether (sulfide) groups is 1. The van der Waals surface area contributed by atoms with E-state index in [0.29, 0.717) is 6.42 Å². The van der Waals surface area contributed by atoms with Crippen LogP contribution in [0.15, 0.2) is 11.6 Å². The first kappa shape index (κ1) is 23.0. The molecule has 0 aromatic rings. The summed E-state index contributed by atoms with van der Waals surface area (Å²) in [6.45, 7) is 2.21. The van der Waals surface area contributed by atoms with Crippen molar-refractivity contribution in [2.45, 2.75) is 88.9 Å². The SMILES string of the molecule is CCCCCCCCC/C=C1\CC[C@@H](CC(=O)O)[C@H](O)[C@H]1SCC(=O)O. The highest BCUT2D eigenvalue weighted by Crippen LogP contribution is 2.38. The first-order valence-electron chi connectivity index (χ1n) is 9.87. The average Bonchev–Trinajstić information content (AvgIpc) is 2.58. The maximum Gasteiger partial charge on any atom is 0.313 e. The Morgan fingerprint density at radius 3 is 2.35 bits per heavy atom. The quantitative estimate of drug-likeness (QED) is 0.319. The van der Waals surface area contributed by atoms with Gasteiger partial charge in [-0.1, -0.05) is 57.1 Å². The van der Waals surface area contributed by atoms with Gasteiger partial charge in [-0.05, 0) is 31.6 Å². The number of aliphatic carboxylic acids is 2. The Bertz CT molecular complexity index is 463. The summed E-state index contributed by atoms with van der Waals surface area (Å²) >= 11 is 1.22. The van der Waals surface area contributed by atoms with E-state index in [9.17, 15) is 14.7 Å². The van der Waals surface area contributed by atoms with Crippen LogP contribution in [0.4, 0.5) is 0 Å². The van der Waals surface area contributed by atoms with Crippen LogP contribution < -0.4 is 0 Å². The summed E-state index contributed by atoms with van der Waals surface area (Å²) in [6.07, 6.45) is 12.4. The molecular formula is C20H34O5S. The Labute approximate surface area is 161 Å². The van der Waals surface area contributed by atoms with Crippen molar-refractivity contribution in [2.24, 2.45) is 5.92 Å². The largest absolute Gasteiger partial charge is 0.481 e. The van der Waals surface area contributed by atoms with Crippen molar-refractivity contribution in [2.75, 3.05) is 5.75 Å². The third-order valence-electron chi connectivity index (χ3n) is 5.00. The number of rotatable bonds is 13. The van der Waals surface area contributed by atoms with Gasteiger partial charge in [0.25, 0.3) is 0 Å². The number of carboxylic acid groups (broad SMARTS) is 2.